The van der Waals surface area contributed by atoms with E-state index in [0.29, 0.717) is 13.1 Å². The van der Waals surface area contributed by atoms with E-state index in [0.717, 1.165) is 29.8 Å². The molecule has 2 rings (SSSR count). The molecule has 2 N–H and O–H groups in total. The van der Waals surface area contributed by atoms with E-state index >= 15 is 0 Å². The molecule has 1 aliphatic rings. The summed E-state index contributed by atoms with van der Waals surface area (Å²) in [4.78, 5) is 14.0. The Morgan fingerprint density at radius 1 is 1.44 bits per heavy atom. The molecular formula is C14H20N2O2. The molecule has 1 aliphatic heterocycles. The number of hydrogen-bond donors (Lipinski definition) is 1. The first-order chi connectivity index (χ1) is 8.61. The Labute approximate surface area is 108 Å². The summed E-state index contributed by atoms with van der Waals surface area (Å²) in [6.45, 7) is 5.87. The molecule has 1 heterocycles. The maximum Gasteiger partial charge on any atom is 0.254 e. The molecule has 1 aromatic rings. The van der Waals surface area contributed by atoms with Crippen molar-refractivity contribution in [2.75, 3.05) is 19.6 Å². The molecule has 0 atom stereocenters. The van der Waals surface area contributed by atoms with E-state index in [2.05, 4.69) is 0 Å². The lowest BCUT2D eigenvalue weighted by molar-refractivity contribution is 0.0744. The summed E-state index contributed by atoms with van der Waals surface area (Å²) in [5, 5.41) is 0. The Morgan fingerprint density at radius 3 is 2.89 bits per heavy atom. The van der Waals surface area contributed by atoms with Crippen LogP contribution in [0.1, 0.15) is 29.8 Å². The highest BCUT2D eigenvalue weighted by Gasteiger charge is 2.23. The van der Waals surface area contributed by atoms with Gasteiger partial charge in [0.15, 0.2) is 0 Å². The molecule has 0 bridgehead atoms. The van der Waals surface area contributed by atoms with Crippen LogP contribution in [0.2, 0.25) is 0 Å². The van der Waals surface area contributed by atoms with E-state index in [1.165, 1.54) is 0 Å². The van der Waals surface area contributed by atoms with Gasteiger partial charge in [0, 0.05) is 25.2 Å². The quantitative estimate of drug-likeness (QED) is 0.877. The van der Waals surface area contributed by atoms with Gasteiger partial charge in [-0.05, 0) is 44.0 Å². The highest BCUT2D eigenvalue weighted by molar-refractivity contribution is 5.96. The zero-order chi connectivity index (χ0) is 13.1. The third kappa shape index (κ3) is 2.64. The largest absolute Gasteiger partial charge is 0.491 e. The molecule has 18 heavy (non-hydrogen) atoms. The predicted molar refractivity (Wildman–Crippen MR) is 70.9 cm³/mol. The molecule has 0 unspecified atom stereocenters. The van der Waals surface area contributed by atoms with Crippen LogP contribution >= 0.6 is 0 Å². The number of carbonyl (C=O) groups is 1. The molecule has 0 saturated carbocycles. The van der Waals surface area contributed by atoms with Gasteiger partial charge in [0.05, 0.1) is 6.10 Å². The number of benzene rings is 1. The fraction of sp³-hybridized carbons (Fsp3) is 0.500. The number of hydrogen-bond acceptors (Lipinski definition) is 3. The molecular weight excluding hydrogens is 228 g/mol. The van der Waals surface area contributed by atoms with Crippen LogP contribution in [0.3, 0.4) is 0 Å². The van der Waals surface area contributed by atoms with Gasteiger partial charge in [0.1, 0.15) is 5.75 Å². The standard InChI is InChI=1S/C14H20N2O2/c1-10(2)18-12-3-4-13-11(9-12)5-7-16(8-6-15)14(13)17/h3-4,9-10H,5-8,15H2,1-2H3. The fourth-order valence-corrected chi connectivity index (χ4v) is 2.23. The summed E-state index contributed by atoms with van der Waals surface area (Å²) in [7, 11) is 0. The normalized spacial score (nSPS) is 14.9. The minimum Gasteiger partial charge on any atom is -0.491 e. The summed E-state index contributed by atoms with van der Waals surface area (Å²) < 4.78 is 5.64. The van der Waals surface area contributed by atoms with Gasteiger partial charge in [-0.3, -0.25) is 4.79 Å². The van der Waals surface area contributed by atoms with Gasteiger partial charge in [-0.1, -0.05) is 0 Å². The van der Waals surface area contributed by atoms with Gasteiger partial charge in [-0.2, -0.15) is 0 Å². The molecule has 0 radical (unpaired) electrons. The second-order valence-corrected chi connectivity index (χ2v) is 4.82. The van der Waals surface area contributed by atoms with Crippen LogP contribution in [0.4, 0.5) is 0 Å². The summed E-state index contributed by atoms with van der Waals surface area (Å²) >= 11 is 0. The van der Waals surface area contributed by atoms with Crippen LogP contribution < -0.4 is 10.5 Å². The smallest absolute Gasteiger partial charge is 0.254 e. The lowest BCUT2D eigenvalue weighted by atomic mass is 9.98. The van der Waals surface area contributed by atoms with Crippen molar-refractivity contribution in [3.8, 4) is 5.75 Å². The average Bonchev–Trinajstić information content (AvgIpc) is 2.32. The van der Waals surface area contributed by atoms with Crippen LogP contribution in [-0.2, 0) is 6.42 Å². The first kappa shape index (κ1) is 12.9. The van der Waals surface area contributed by atoms with Crippen molar-refractivity contribution in [2.24, 2.45) is 5.73 Å². The van der Waals surface area contributed by atoms with E-state index in [1.54, 1.807) is 0 Å². The molecule has 4 nitrogen and oxygen atoms in total. The van der Waals surface area contributed by atoms with Crippen molar-refractivity contribution in [3.05, 3.63) is 29.3 Å². The SMILES string of the molecule is CC(C)Oc1ccc2c(c1)CCN(CCN)C2=O. The maximum atomic E-state index is 12.2. The van der Waals surface area contributed by atoms with Crippen LogP contribution in [0.5, 0.6) is 5.75 Å². The molecule has 0 aliphatic carbocycles. The van der Waals surface area contributed by atoms with Crippen molar-refractivity contribution in [3.63, 3.8) is 0 Å². The summed E-state index contributed by atoms with van der Waals surface area (Å²) in [5.41, 5.74) is 7.37. The summed E-state index contributed by atoms with van der Waals surface area (Å²) in [6, 6.07) is 5.70. The third-order valence-electron chi connectivity index (χ3n) is 3.02. The van der Waals surface area contributed by atoms with Gasteiger partial charge in [0.25, 0.3) is 5.91 Å². The predicted octanol–water partition coefficient (Wildman–Crippen LogP) is 1.43. The first-order valence-corrected chi connectivity index (χ1v) is 6.40. The number of nitrogens with two attached hydrogens (primary N) is 1. The van der Waals surface area contributed by atoms with Crippen molar-refractivity contribution in [2.45, 2.75) is 26.4 Å². The zero-order valence-electron chi connectivity index (χ0n) is 11.0. The third-order valence-corrected chi connectivity index (χ3v) is 3.02. The van der Waals surface area contributed by atoms with E-state index in [1.807, 2.05) is 36.9 Å². The number of carbonyl (C=O) groups excluding carboxylic acids is 1. The first-order valence-electron chi connectivity index (χ1n) is 6.40. The summed E-state index contributed by atoms with van der Waals surface area (Å²) in [6.07, 6.45) is 1.02. The Balaban J connectivity index is 2.21. The van der Waals surface area contributed by atoms with Crippen LogP contribution in [0.15, 0.2) is 18.2 Å². The number of ether oxygens (including phenoxy) is 1. The minimum atomic E-state index is 0.0813. The van der Waals surface area contributed by atoms with E-state index < -0.39 is 0 Å². The molecule has 1 amide bonds. The monoisotopic (exact) mass is 248 g/mol. The van der Waals surface area contributed by atoms with Gasteiger partial charge >= 0.3 is 0 Å². The molecule has 0 aromatic heterocycles. The zero-order valence-corrected chi connectivity index (χ0v) is 11.0. The molecule has 98 valence electrons. The van der Waals surface area contributed by atoms with Crippen molar-refractivity contribution in [1.29, 1.82) is 0 Å². The number of nitrogens with zero attached hydrogens (tertiary/aromatic N) is 1. The number of fused-ring (bicyclic) bond motifs is 1. The number of amides is 1. The fourth-order valence-electron chi connectivity index (χ4n) is 2.23. The molecule has 1 aromatic carbocycles. The Bertz CT molecular complexity index is 443. The highest BCUT2D eigenvalue weighted by atomic mass is 16.5. The highest BCUT2D eigenvalue weighted by Crippen LogP contribution is 2.24. The second kappa shape index (κ2) is 5.40. The van der Waals surface area contributed by atoms with E-state index in [4.69, 9.17) is 10.5 Å². The second-order valence-electron chi connectivity index (χ2n) is 4.82. The van der Waals surface area contributed by atoms with Crippen LogP contribution in [0, 0.1) is 0 Å². The molecule has 4 heteroatoms. The van der Waals surface area contributed by atoms with Crippen LogP contribution in [0.25, 0.3) is 0 Å². The lowest BCUT2D eigenvalue weighted by Crippen LogP contribution is -2.40. The average molecular weight is 248 g/mol. The van der Waals surface area contributed by atoms with Gasteiger partial charge in [0.2, 0.25) is 0 Å². The van der Waals surface area contributed by atoms with Gasteiger partial charge in [-0.25, -0.2) is 0 Å². The minimum absolute atomic E-state index is 0.0813. The molecule has 0 fully saturated rings. The van der Waals surface area contributed by atoms with Gasteiger partial charge < -0.3 is 15.4 Å². The van der Waals surface area contributed by atoms with Crippen molar-refractivity contribution in [1.82, 2.24) is 4.90 Å². The maximum absolute atomic E-state index is 12.2. The molecule has 0 spiro atoms. The Hall–Kier alpha value is -1.55. The van der Waals surface area contributed by atoms with Crippen molar-refractivity contribution < 1.29 is 9.53 Å². The van der Waals surface area contributed by atoms with E-state index in [-0.39, 0.29) is 12.0 Å². The number of rotatable bonds is 4. The van der Waals surface area contributed by atoms with Crippen molar-refractivity contribution >= 4 is 5.91 Å². The molecule has 0 saturated heterocycles. The topological polar surface area (TPSA) is 55.6 Å². The van der Waals surface area contributed by atoms with Gasteiger partial charge in [-0.15, -0.1) is 0 Å². The van der Waals surface area contributed by atoms with E-state index in [9.17, 15) is 4.79 Å². The van der Waals surface area contributed by atoms with Crippen LogP contribution in [-0.4, -0.2) is 36.5 Å². The summed E-state index contributed by atoms with van der Waals surface area (Å²) in [5.74, 6) is 0.918. The Kier molecular flexibility index (Phi) is 3.87. The Morgan fingerprint density at radius 2 is 2.22 bits per heavy atom. The lowest BCUT2D eigenvalue weighted by Gasteiger charge is -2.28.